The van der Waals surface area contributed by atoms with Crippen LogP contribution in [-0.2, 0) is 14.3 Å². The van der Waals surface area contributed by atoms with Crippen LogP contribution in [0, 0.1) is 5.92 Å². The van der Waals surface area contributed by atoms with Crippen LogP contribution in [0.4, 0.5) is 0 Å². The normalized spacial score (nSPS) is 14.8. The standard InChI is InChI=1S/C22H21NO5/c1-14(2)13-27-21(24)17-6-4-15(5-7-17)12-19-22(25)28-20(23-19)16-8-10-18(26-3)11-9-16/h4-12,14H,13H2,1-3H3/b19-12-. The van der Waals surface area contributed by atoms with Gasteiger partial charge < -0.3 is 14.2 Å². The van der Waals surface area contributed by atoms with Crippen molar-refractivity contribution in [2.24, 2.45) is 10.9 Å². The van der Waals surface area contributed by atoms with Crippen LogP contribution in [0.1, 0.15) is 35.3 Å². The van der Waals surface area contributed by atoms with E-state index in [-0.39, 0.29) is 23.5 Å². The highest BCUT2D eigenvalue weighted by atomic mass is 16.6. The lowest BCUT2D eigenvalue weighted by molar-refractivity contribution is -0.129. The second kappa shape index (κ2) is 8.52. The zero-order chi connectivity index (χ0) is 20.1. The van der Waals surface area contributed by atoms with Crippen LogP contribution in [0.25, 0.3) is 6.08 Å². The van der Waals surface area contributed by atoms with Gasteiger partial charge in [0, 0.05) is 5.56 Å². The van der Waals surface area contributed by atoms with Gasteiger partial charge in [0.1, 0.15) is 5.75 Å². The smallest absolute Gasteiger partial charge is 0.363 e. The predicted octanol–water partition coefficient (Wildman–Crippen LogP) is 3.85. The largest absolute Gasteiger partial charge is 0.497 e. The molecule has 2 aromatic rings. The van der Waals surface area contributed by atoms with Crippen molar-refractivity contribution in [3.8, 4) is 5.75 Å². The van der Waals surface area contributed by atoms with Crippen molar-refractivity contribution in [2.45, 2.75) is 13.8 Å². The number of carbonyl (C=O) groups excluding carboxylic acids is 2. The summed E-state index contributed by atoms with van der Waals surface area (Å²) in [5, 5.41) is 0. The lowest BCUT2D eigenvalue weighted by Gasteiger charge is -2.07. The molecule has 0 unspecified atom stereocenters. The SMILES string of the molecule is COc1ccc(C2=N/C(=C\c3ccc(C(=O)OCC(C)C)cc3)C(=O)O2)cc1. The van der Waals surface area contributed by atoms with Crippen LogP contribution in [0.2, 0.25) is 0 Å². The van der Waals surface area contributed by atoms with E-state index >= 15 is 0 Å². The van der Waals surface area contributed by atoms with Gasteiger partial charge in [0.2, 0.25) is 5.90 Å². The van der Waals surface area contributed by atoms with Crippen molar-refractivity contribution in [1.29, 1.82) is 0 Å². The Balaban J connectivity index is 1.74. The topological polar surface area (TPSA) is 74.2 Å². The lowest BCUT2D eigenvalue weighted by atomic mass is 10.1. The minimum atomic E-state index is -0.522. The Labute approximate surface area is 163 Å². The van der Waals surface area contributed by atoms with E-state index in [2.05, 4.69) is 4.99 Å². The lowest BCUT2D eigenvalue weighted by Crippen LogP contribution is -2.10. The van der Waals surface area contributed by atoms with Crippen LogP contribution in [0.5, 0.6) is 5.75 Å². The molecule has 3 rings (SSSR count). The van der Waals surface area contributed by atoms with Gasteiger partial charge in [0.05, 0.1) is 19.3 Å². The van der Waals surface area contributed by atoms with E-state index in [0.717, 1.165) is 5.56 Å². The van der Waals surface area contributed by atoms with Crippen molar-refractivity contribution in [1.82, 2.24) is 0 Å². The fourth-order valence-electron chi connectivity index (χ4n) is 2.47. The third-order valence-electron chi connectivity index (χ3n) is 3.96. The van der Waals surface area contributed by atoms with Gasteiger partial charge in [-0.05, 0) is 54.0 Å². The minimum Gasteiger partial charge on any atom is -0.497 e. The first-order valence-electron chi connectivity index (χ1n) is 8.90. The molecule has 0 bridgehead atoms. The Kier molecular flexibility index (Phi) is 5.89. The Morgan fingerprint density at radius 3 is 2.39 bits per heavy atom. The van der Waals surface area contributed by atoms with Crippen LogP contribution in [0.15, 0.2) is 59.2 Å². The number of benzene rings is 2. The van der Waals surface area contributed by atoms with E-state index < -0.39 is 5.97 Å². The predicted molar refractivity (Wildman–Crippen MR) is 105 cm³/mol. The molecular formula is C22H21NO5. The zero-order valence-electron chi connectivity index (χ0n) is 16.0. The molecule has 0 radical (unpaired) electrons. The third kappa shape index (κ3) is 4.65. The van der Waals surface area contributed by atoms with Gasteiger partial charge in [-0.25, -0.2) is 14.6 Å². The average Bonchev–Trinajstić information content (AvgIpc) is 3.07. The van der Waals surface area contributed by atoms with Crippen molar-refractivity contribution < 1.29 is 23.8 Å². The third-order valence-corrected chi connectivity index (χ3v) is 3.96. The van der Waals surface area contributed by atoms with Gasteiger partial charge >= 0.3 is 11.9 Å². The number of ether oxygens (including phenoxy) is 3. The maximum atomic E-state index is 12.1. The second-order valence-corrected chi connectivity index (χ2v) is 6.68. The van der Waals surface area contributed by atoms with E-state index in [4.69, 9.17) is 14.2 Å². The Bertz CT molecular complexity index is 924. The highest BCUT2D eigenvalue weighted by molar-refractivity contribution is 6.12. The Morgan fingerprint density at radius 2 is 1.79 bits per heavy atom. The van der Waals surface area contributed by atoms with Gasteiger partial charge in [0.15, 0.2) is 5.70 Å². The maximum Gasteiger partial charge on any atom is 0.363 e. The summed E-state index contributed by atoms with van der Waals surface area (Å²) in [5.41, 5.74) is 2.06. The first kappa shape index (κ1) is 19.4. The number of methoxy groups -OCH3 is 1. The van der Waals surface area contributed by atoms with E-state index in [1.165, 1.54) is 0 Å². The molecule has 6 heteroatoms. The summed E-state index contributed by atoms with van der Waals surface area (Å²) in [6.07, 6.45) is 1.61. The van der Waals surface area contributed by atoms with E-state index in [9.17, 15) is 9.59 Å². The summed E-state index contributed by atoms with van der Waals surface area (Å²) < 4.78 is 15.6. The number of rotatable bonds is 6. The van der Waals surface area contributed by atoms with E-state index in [1.807, 2.05) is 13.8 Å². The number of aliphatic imine (C=N–C) groups is 1. The van der Waals surface area contributed by atoms with Gasteiger partial charge in [-0.1, -0.05) is 26.0 Å². The number of hydrogen-bond acceptors (Lipinski definition) is 6. The summed E-state index contributed by atoms with van der Waals surface area (Å²) in [5.74, 6) is 0.336. The summed E-state index contributed by atoms with van der Waals surface area (Å²) in [6.45, 7) is 4.33. The fraction of sp³-hybridized carbons (Fsp3) is 0.227. The Morgan fingerprint density at radius 1 is 1.11 bits per heavy atom. The molecule has 0 aromatic heterocycles. The molecule has 1 heterocycles. The summed E-state index contributed by atoms with van der Waals surface area (Å²) >= 11 is 0. The molecule has 2 aromatic carbocycles. The molecule has 28 heavy (non-hydrogen) atoms. The number of hydrogen-bond donors (Lipinski definition) is 0. The maximum absolute atomic E-state index is 12.1. The quantitative estimate of drug-likeness (QED) is 0.563. The van der Waals surface area contributed by atoms with Crippen molar-refractivity contribution >= 4 is 23.9 Å². The molecule has 0 saturated carbocycles. The van der Waals surface area contributed by atoms with Crippen molar-refractivity contribution in [2.75, 3.05) is 13.7 Å². The van der Waals surface area contributed by atoms with Crippen LogP contribution >= 0.6 is 0 Å². The monoisotopic (exact) mass is 379 g/mol. The first-order valence-corrected chi connectivity index (χ1v) is 8.90. The molecule has 0 aliphatic carbocycles. The summed E-state index contributed by atoms with van der Waals surface area (Å²) in [7, 11) is 1.58. The van der Waals surface area contributed by atoms with Crippen LogP contribution in [-0.4, -0.2) is 31.6 Å². The molecule has 6 nitrogen and oxygen atoms in total. The first-order chi connectivity index (χ1) is 13.5. The second-order valence-electron chi connectivity index (χ2n) is 6.68. The fourth-order valence-corrected chi connectivity index (χ4v) is 2.47. The van der Waals surface area contributed by atoms with Crippen molar-refractivity contribution in [3.63, 3.8) is 0 Å². The summed E-state index contributed by atoms with van der Waals surface area (Å²) in [4.78, 5) is 28.3. The van der Waals surface area contributed by atoms with E-state index in [1.54, 1.807) is 61.7 Å². The van der Waals surface area contributed by atoms with Crippen molar-refractivity contribution in [3.05, 3.63) is 70.9 Å². The number of cyclic esters (lactones) is 1. The van der Waals surface area contributed by atoms with Gasteiger partial charge in [-0.3, -0.25) is 0 Å². The molecule has 0 atom stereocenters. The van der Waals surface area contributed by atoms with Gasteiger partial charge in [-0.15, -0.1) is 0 Å². The zero-order valence-corrected chi connectivity index (χ0v) is 16.0. The molecule has 0 saturated heterocycles. The number of nitrogens with zero attached hydrogens (tertiary/aromatic N) is 1. The van der Waals surface area contributed by atoms with E-state index in [0.29, 0.717) is 23.5 Å². The molecule has 0 amide bonds. The van der Waals surface area contributed by atoms with Gasteiger partial charge in [0.25, 0.3) is 0 Å². The average molecular weight is 379 g/mol. The number of carbonyl (C=O) groups is 2. The molecule has 0 N–H and O–H groups in total. The highest BCUT2D eigenvalue weighted by Gasteiger charge is 2.24. The molecule has 0 spiro atoms. The van der Waals surface area contributed by atoms with Crippen LogP contribution in [0.3, 0.4) is 0 Å². The highest BCUT2D eigenvalue weighted by Crippen LogP contribution is 2.21. The summed E-state index contributed by atoms with van der Waals surface area (Å²) in [6, 6.07) is 13.8. The minimum absolute atomic E-state index is 0.195. The Hall–Kier alpha value is -3.41. The van der Waals surface area contributed by atoms with Crippen LogP contribution < -0.4 is 4.74 Å². The molecule has 144 valence electrons. The molecule has 0 fully saturated rings. The molecule has 1 aliphatic rings. The van der Waals surface area contributed by atoms with Gasteiger partial charge in [-0.2, -0.15) is 0 Å². The molecule has 1 aliphatic heterocycles. The molecular weight excluding hydrogens is 358 g/mol. The number of esters is 2.